The second-order valence-electron chi connectivity index (χ2n) is 2.82. The fourth-order valence-electron chi connectivity index (χ4n) is 1.06. The van der Waals surface area contributed by atoms with Gasteiger partial charge in [-0.1, -0.05) is 0 Å². The highest BCUT2D eigenvalue weighted by Crippen LogP contribution is 2.02. The molecule has 0 radical (unpaired) electrons. The normalized spacial score (nSPS) is 16.2. The zero-order valence-electron chi connectivity index (χ0n) is 7.69. The van der Waals surface area contributed by atoms with Crippen molar-refractivity contribution >= 4 is 0 Å². The van der Waals surface area contributed by atoms with E-state index in [0.717, 1.165) is 13.2 Å². The van der Waals surface area contributed by atoms with Crippen molar-refractivity contribution in [2.24, 2.45) is 0 Å². The summed E-state index contributed by atoms with van der Waals surface area (Å²) in [6, 6.07) is 0. The molecule has 0 saturated carbocycles. The van der Waals surface area contributed by atoms with Gasteiger partial charge < -0.3 is 19.3 Å². The highest BCUT2D eigenvalue weighted by molar-refractivity contribution is 4.88. The van der Waals surface area contributed by atoms with E-state index in [2.05, 4.69) is 22.2 Å². The van der Waals surface area contributed by atoms with E-state index >= 15 is 0 Å². The van der Waals surface area contributed by atoms with Crippen molar-refractivity contribution in [1.82, 2.24) is 9.80 Å². The van der Waals surface area contributed by atoms with Crippen LogP contribution >= 0.6 is 0 Å². The maximum Gasteiger partial charge on any atom is 0.146 e. The van der Waals surface area contributed by atoms with E-state index in [-0.39, 0.29) is 0 Å². The molecule has 0 saturated heterocycles. The third kappa shape index (κ3) is 3.11. The van der Waals surface area contributed by atoms with Gasteiger partial charge in [-0.2, -0.15) is 0 Å². The molecule has 70 valence electrons. The number of nitrogens with zero attached hydrogens (tertiary/aromatic N) is 2. The van der Waals surface area contributed by atoms with Crippen molar-refractivity contribution in [3.63, 3.8) is 0 Å². The van der Waals surface area contributed by atoms with E-state index in [4.69, 9.17) is 9.47 Å². The Balaban J connectivity index is 1.98. The van der Waals surface area contributed by atoms with Gasteiger partial charge >= 0.3 is 0 Å². The Labute approximate surface area is 73.3 Å². The van der Waals surface area contributed by atoms with Gasteiger partial charge in [0.05, 0.1) is 13.3 Å². The molecule has 0 aliphatic carbocycles. The van der Waals surface area contributed by atoms with Crippen LogP contribution < -0.4 is 0 Å². The molecule has 0 N–H and O–H groups in total. The van der Waals surface area contributed by atoms with Gasteiger partial charge in [-0.3, -0.25) is 0 Å². The second kappa shape index (κ2) is 5.00. The molecular weight excluding hydrogens is 156 g/mol. The zero-order chi connectivity index (χ0) is 8.81. The molecule has 0 unspecified atom stereocenters. The number of methoxy groups -OCH3 is 1. The summed E-state index contributed by atoms with van der Waals surface area (Å²) in [5.74, 6) is 0. The fraction of sp³-hybridized carbons (Fsp3) is 0.750. The average molecular weight is 172 g/mol. The molecule has 12 heavy (non-hydrogen) atoms. The quantitative estimate of drug-likeness (QED) is 0.439. The van der Waals surface area contributed by atoms with Crippen LogP contribution in [0.25, 0.3) is 0 Å². The van der Waals surface area contributed by atoms with Crippen LogP contribution in [0, 0.1) is 0 Å². The molecule has 0 fully saturated rings. The van der Waals surface area contributed by atoms with Crippen LogP contribution in [-0.4, -0.2) is 50.6 Å². The van der Waals surface area contributed by atoms with E-state index in [1.165, 1.54) is 0 Å². The lowest BCUT2D eigenvalue weighted by atomic mass is 10.6. The lowest BCUT2D eigenvalue weighted by Gasteiger charge is -2.17. The molecule has 0 bridgehead atoms. The zero-order valence-corrected chi connectivity index (χ0v) is 7.69. The minimum Gasteiger partial charge on any atom is -0.362 e. The first-order chi connectivity index (χ1) is 5.83. The largest absolute Gasteiger partial charge is 0.362 e. The van der Waals surface area contributed by atoms with Crippen molar-refractivity contribution in [2.75, 3.05) is 40.8 Å². The maximum atomic E-state index is 5.16. The van der Waals surface area contributed by atoms with E-state index in [9.17, 15) is 0 Å². The first kappa shape index (κ1) is 9.35. The Morgan fingerprint density at radius 1 is 1.42 bits per heavy atom. The summed E-state index contributed by atoms with van der Waals surface area (Å²) in [5.41, 5.74) is 0. The molecule has 0 aromatic heterocycles. The van der Waals surface area contributed by atoms with Gasteiger partial charge in [-0.15, -0.1) is 0 Å². The molecule has 1 rings (SSSR count). The molecule has 0 aromatic rings. The molecule has 1 aliphatic heterocycles. The van der Waals surface area contributed by atoms with Gasteiger partial charge in [-0.25, -0.2) is 0 Å². The van der Waals surface area contributed by atoms with Crippen LogP contribution in [0.5, 0.6) is 0 Å². The monoisotopic (exact) mass is 172 g/mol. The Bertz CT molecular complexity index is 150. The van der Waals surface area contributed by atoms with Crippen LogP contribution in [0.3, 0.4) is 0 Å². The predicted molar refractivity (Wildman–Crippen MR) is 46.3 cm³/mol. The third-order valence-corrected chi connectivity index (χ3v) is 1.66. The first-order valence-corrected chi connectivity index (χ1v) is 4.02. The van der Waals surface area contributed by atoms with Crippen LogP contribution in [-0.2, 0) is 9.47 Å². The Morgan fingerprint density at radius 3 is 2.83 bits per heavy atom. The van der Waals surface area contributed by atoms with Crippen molar-refractivity contribution in [1.29, 1.82) is 0 Å². The molecule has 4 heteroatoms. The van der Waals surface area contributed by atoms with E-state index < -0.39 is 0 Å². The summed E-state index contributed by atoms with van der Waals surface area (Å²) in [6.45, 7) is 2.97. The van der Waals surface area contributed by atoms with Gasteiger partial charge in [-0.05, 0) is 0 Å². The first-order valence-electron chi connectivity index (χ1n) is 4.02. The van der Waals surface area contributed by atoms with Crippen molar-refractivity contribution in [2.45, 2.75) is 0 Å². The van der Waals surface area contributed by atoms with Crippen LogP contribution in [0.1, 0.15) is 0 Å². The molecule has 1 aliphatic rings. The molecule has 0 amide bonds. The van der Waals surface area contributed by atoms with Crippen molar-refractivity contribution in [3.8, 4) is 0 Å². The minimum atomic E-state index is 0.382. The molecule has 0 spiro atoms. The average Bonchev–Trinajstić information content (AvgIpc) is 2.45. The van der Waals surface area contributed by atoms with Crippen molar-refractivity contribution in [3.05, 3.63) is 12.4 Å². The minimum absolute atomic E-state index is 0.382. The number of hydrogen-bond donors (Lipinski definition) is 0. The summed E-state index contributed by atoms with van der Waals surface area (Å²) in [4.78, 5) is 4.31. The summed E-state index contributed by atoms with van der Waals surface area (Å²) >= 11 is 0. The van der Waals surface area contributed by atoms with Crippen LogP contribution in [0.2, 0.25) is 0 Å². The van der Waals surface area contributed by atoms with E-state index in [0.29, 0.717) is 13.4 Å². The molecule has 1 heterocycles. The van der Waals surface area contributed by atoms with Crippen LogP contribution in [0.4, 0.5) is 0 Å². The summed E-state index contributed by atoms with van der Waals surface area (Å²) in [5, 5.41) is 0. The Hall–Kier alpha value is -0.740. The van der Waals surface area contributed by atoms with Gasteiger partial charge in [0.15, 0.2) is 0 Å². The standard InChI is InChI=1S/C8H16N2O2/c1-9-3-4-10(7-9)5-6-12-8-11-2/h3-4H,5-8H2,1-2H3. The smallest absolute Gasteiger partial charge is 0.146 e. The topological polar surface area (TPSA) is 24.9 Å². The lowest BCUT2D eigenvalue weighted by molar-refractivity contribution is -0.0345. The SMILES string of the molecule is COCOCCN1C=CN(C)C1. The highest BCUT2D eigenvalue weighted by atomic mass is 16.7. The molecule has 0 atom stereocenters. The fourth-order valence-corrected chi connectivity index (χ4v) is 1.06. The van der Waals surface area contributed by atoms with Crippen molar-refractivity contribution < 1.29 is 9.47 Å². The third-order valence-electron chi connectivity index (χ3n) is 1.66. The maximum absolute atomic E-state index is 5.16. The summed E-state index contributed by atoms with van der Waals surface area (Å²) in [7, 11) is 3.68. The highest BCUT2D eigenvalue weighted by Gasteiger charge is 2.06. The number of hydrogen-bond acceptors (Lipinski definition) is 4. The Morgan fingerprint density at radius 2 is 2.25 bits per heavy atom. The second-order valence-corrected chi connectivity index (χ2v) is 2.82. The lowest BCUT2D eigenvalue weighted by Crippen LogP contribution is -2.26. The molecular formula is C8H16N2O2. The molecule has 4 nitrogen and oxygen atoms in total. The number of ether oxygens (including phenoxy) is 2. The van der Waals surface area contributed by atoms with Gasteiger partial charge in [0.1, 0.15) is 6.79 Å². The van der Waals surface area contributed by atoms with Gasteiger partial charge in [0.25, 0.3) is 0 Å². The van der Waals surface area contributed by atoms with E-state index in [1.807, 2.05) is 7.05 Å². The molecule has 0 aromatic carbocycles. The summed E-state index contributed by atoms with van der Waals surface area (Å²) in [6.07, 6.45) is 4.12. The van der Waals surface area contributed by atoms with E-state index in [1.54, 1.807) is 7.11 Å². The predicted octanol–water partition coefficient (Wildman–Crippen LogP) is 0.283. The van der Waals surface area contributed by atoms with Gasteiger partial charge in [0.2, 0.25) is 0 Å². The Kier molecular flexibility index (Phi) is 3.90. The number of rotatable bonds is 5. The van der Waals surface area contributed by atoms with Gasteiger partial charge in [0, 0.05) is 33.1 Å². The van der Waals surface area contributed by atoms with Crippen LogP contribution in [0.15, 0.2) is 12.4 Å². The summed E-state index contributed by atoms with van der Waals surface area (Å²) < 4.78 is 9.92.